The van der Waals surface area contributed by atoms with Crippen LogP contribution < -0.4 is 4.90 Å². The van der Waals surface area contributed by atoms with Crippen LogP contribution in [-0.2, 0) is 25.3 Å². The van der Waals surface area contributed by atoms with E-state index < -0.39 is 0 Å². The highest BCUT2D eigenvalue weighted by atomic mass is 32.1. The van der Waals surface area contributed by atoms with E-state index in [0.29, 0.717) is 0 Å². The molecule has 2 heterocycles. The zero-order valence-corrected chi connectivity index (χ0v) is 35.3. The molecule has 0 spiro atoms. The summed E-state index contributed by atoms with van der Waals surface area (Å²) >= 11 is 1.90. The second kappa shape index (κ2) is 12.8. The van der Waals surface area contributed by atoms with Gasteiger partial charge in [0.2, 0.25) is 0 Å². The van der Waals surface area contributed by atoms with Gasteiger partial charge in [0.05, 0.1) is 27.3 Å². The molecule has 2 aliphatic carbocycles. The van der Waals surface area contributed by atoms with Crippen LogP contribution >= 0.6 is 11.3 Å². The highest BCUT2D eigenvalue weighted by molar-refractivity contribution is 7.26. The molecule has 0 atom stereocenters. The zero-order chi connectivity index (χ0) is 40.6. The Balaban J connectivity index is 1.05. The smallest absolute Gasteiger partial charge is 0.0733 e. The fourth-order valence-corrected chi connectivity index (χ4v) is 12.3. The number of hydrogen-bond donors (Lipinski definition) is 0. The van der Waals surface area contributed by atoms with Gasteiger partial charge in [0.15, 0.2) is 0 Å². The maximum atomic E-state index is 2.59. The van der Waals surface area contributed by atoms with Crippen LogP contribution in [0.25, 0.3) is 86.1 Å². The normalized spacial score (nSPS) is 13.8. The number of benzene rings is 9. The van der Waals surface area contributed by atoms with Crippen molar-refractivity contribution in [3.63, 3.8) is 0 Å². The molecule has 0 amide bonds. The van der Waals surface area contributed by atoms with Gasteiger partial charge in [-0.3, -0.25) is 0 Å². The fraction of sp³-hybridized carbons (Fsp3) is 0.103. The lowest BCUT2D eigenvalue weighted by molar-refractivity contribution is 0.661. The van der Waals surface area contributed by atoms with Crippen molar-refractivity contribution >= 4 is 81.1 Å². The predicted molar refractivity (Wildman–Crippen MR) is 261 cm³/mol. The molecule has 9 aromatic carbocycles. The van der Waals surface area contributed by atoms with Crippen LogP contribution in [0.5, 0.6) is 0 Å². The van der Waals surface area contributed by atoms with Crippen molar-refractivity contribution in [1.82, 2.24) is 4.57 Å². The number of anilines is 3. The maximum Gasteiger partial charge on any atom is 0.0733 e. The maximum absolute atomic E-state index is 2.59. The summed E-state index contributed by atoms with van der Waals surface area (Å²) in [4.78, 5) is 2.59. The van der Waals surface area contributed by atoms with Crippen LogP contribution in [0.3, 0.4) is 0 Å². The minimum Gasteiger partial charge on any atom is -0.342 e. The average Bonchev–Trinajstić information content (AvgIpc) is 3.91. The number of fused-ring (bicyclic) bond motifs is 14. The van der Waals surface area contributed by atoms with Gasteiger partial charge in [0.1, 0.15) is 0 Å². The molecule has 11 aromatic rings. The summed E-state index contributed by atoms with van der Waals surface area (Å²) in [7, 11) is 2.23. The molecule has 0 saturated heterocycles. The quantitative estimate of drug-likeness (QED) is 0.172. The van der Waals surface area contributed by atoms with Crippen LogP contribution in [-0.4, -0.2) is 4.57 Å². The first-order chi connectivity index (χ1) is 29.9. The monoisotopic (exact) mass is 798 g/mol. The van der Waals surface area contributed by atoms with Crippen molar-refractivity contribution in [2.45, 2.75) is 32.1 Å². The fourth-order valence-electron chi connectivity index (χ4n) is 11.1. The first-order valence-corrected chi connectivity index (χ1v) is 22.3. The van der Waals surface area contributed by atoms with Crippen molar-refractivity contribution in [2.24, 2.45) is 7.05 Å². The van der Waals surface area contributed by atoms with Gasteiger partial charge in [0.25, 0.3) is 0 Å². The number of rotatable bonds is 4. The highest BCUT2D eigenvalue weighted by Crippen LogP contribution is 2.57. The Hall–Kier alpha value is -6.94. The number of nitrogens with zero attached hydrogens (tertiary/aromatic N) is 2. The van der Waals surface area contributed by atoms with E-state index >= 15 is 0 Å². The third-order valence-corrected chi connectivity index (χ3v) is 15.3. The summed E-state index contributed by atoms with van der Waals surface area (Å²) in [6.45, 7) is 4.87. The van der Waals surface area contributed by atoms with Crippen LogP contribution in [0.15, 0.2) is 176 Å². The molecule has 61 heavy (non-hydrogen) atoms. The van der Waals surface area contributed by atoms with Crippen molar-refractivity contribution in [1.29, 1.82) is 0 Å². The molecule has 13 rings (SSSR count). The minimum absolute atomic E-state index is 0.242. The largest absolute Gasteiger partial charge is 0.342 e. The molecular weight excluding hydrogens is 757 g/mol. The van der Waals surface area contributed by atoms with Crippen molar-refractivity contribution in [3.8, 4) is 33.4 Å². The lowest BCUT2D eigenvalue weighted by Gasteiger charge is -2.31. The van der Waals surface area contributed by atoms with E-state index in [1.807, 2.05) is 11.3 Å². The Morgan fingerprint density at radius 2 is 1.11 bits per heavy atom. The SMILES string of the molecule is Cn1c2ccccc2c2cccc(N(c3cc4c(c5ccccc35)-c3ccc(-c5ccc6c(c5)CCc5ccccc5-6)cc3C4(C)C)c3cccc4c3sc3ccccc34)c21. The van der Waals surface area contributed by atoms with Crippen LogP contribution in [0.4, 0.5) is 17.1 Å². The summed E-state index contributed by atoms with van der Waals surface area (Å²) in [5.41, 5.74) is 19.5. The molecule has 0 bridgehead atoms. The summed E-state index contributed by atoms with van der Waals surface area (Å²) < 4.78 is 5.00. The number of thiophene rings is 1. The molecule has 0 saturated carbocycles. The molecule has 0 unspecified atom stereocenters. The van der Waals surface area contributed by atoms with Crippen molar-refractivity contribution in [2.75, 3.05) is 4.90 Å². The molecule has 0 fully saturated rings. The number of hydrogen-bond acceptors (Lipinski definition) is 2. The van der Waals surface area contributed by atoms with Crippen molar-refractivity contribution in [3.05, 3.63) is 198 Å². The molecule has 2 nitrogen and oxygen atoms in total. The molecule has 290 valence electrons. The van der Waals surface area contributed by atoms with Gasteiger partial charge < -0.3 is 9.47 Å². The summed E-state index contributed by atoms with van der Waals surface area (Å²) in [5, 5.41) is 7.68. The van der Waals surface area contributed by atoms with Crippen LogP contribution in [0.1, 0.15) is 36.1 Å². The molecule has 2 aromatic heterocycles. The molecular formula is C58H42N2S. The van der Waals surface area contributed by atoms with E-state index in [9.17, 15) is 0 Å². The van der Waals surface area contributed by atoms with E-state index in [1.54, 1.807) is 0 Å². The van der Waals surface area contributed by atoms with E-state index in [1.165, 1.54) is 125 Å². The Bertz CT molecular complexity index is 3650. The third-order valence-electron chi connectivity index (χ3n) is 14.1. The van der Waals surface area contributed by atoms with Crippen LogP contribution in [0, 0.1) is 0 Å². The van der Waals surface area contributed by atoms with Crippen LogP contribution in [0.2, 0.25) is 0 Å². The Labute approximate surface area is 359 Å². The molecule has 0 N–H and O–H groups in total. The first-order valence-electron chi connectivity index (χ1n) is 21.5. The van der Waals surface area contributed by atoms with Gasteiger partial charge in [-0.1, -0.05) is 153 Å². The third kappa shape index (κ3) is 4.90. The Kier molecular flexibility index (Phi) is 7.31. The van der Waals surface area contributed by atoms with Gasteiger partial charge in [-0.05, 0) is 110 Å². The first kappa shape index (κ1) is 34.9. The zero-order valence-electron chi connectivity index (χ0n) is 34.5. The second-order valence-electron chi connectivity index (χ2n) is 17.6. The van der Waals surface area contributed by atoms with Crippen molar-refractivity contribution < 1.29 is 0 Å². The average molecular weight is 799 g/mol. The number of para-hydroxylation sites is 2. The summed E-state index contributed by atoms with van der Waals surface area (Å²) in [5.74, 6) is 0. The number of aromatic nitrogens is 1. The summed E-state index contributed by atoms with van der Waals surface area (Å²) in [6.07, 6.45) is 2.17. The van der Waals surface area contributed by atoms with Gasteiger partial charge in [-0.15, -0.1) is 11.3 Å². The molecule has 0 aliphatic heterocycles. The second-order valence-corrected chi connectivity index (χ2v) is 18.7. The standard InChI is InChI=1S/C58H42N2S/c1-58(2)48-33-37(36-28-30-40-38(32-36)27-26-35-14-4-5-15-39(35)40)29-31-47(48)55-44-19-7-6-16-41(44)53(34-49(55)58)60(52-24-13-21-46-43-18-9-11-25-54(43)61-57(46)52)51-23-12-20-45-42-17-8-10-22-50(42)59(3)56(45)51/h4-25,28-34H,26-27H2,1-3H3. The van der Waals surface area contributed by atoms with E-state index in [4.69, 9.17) is 0 Å². The van der Waals surface area contributed by atoms with Gasteiger partial charge >= 0.3 is 0 Å². The highest BCUT2D eigenvalue weighted by Gasteiger charge is 2.38. The predicted octanol–water partition coefficient (Wildman–Crippen LogP) is 16.1. The summed E-state index contributed by atoms with van der Waals surface area (Å²) in [6, 6.07) is 66.5. The number of aryl methyl sites for hydroxylation is 3. The molecule has 3 heteroatoms. The van der Waals surface area contributed by atoms with Gasteiger partial charge in [-0.2, -0.15) is 0 Å². The van der Waals surface area contributed by atoms with Gasteiger partial charge in [0, 0.05) is 49.6 Å². The topological polar surface area (TPSA) is 8.17 Å². The minimum atomic E-state index is -0.242. The molecule has 2 aliphatic rings. The molecule has 0 radical (unpaired) electrons. The van der Waals surface area contributed by atoms with Gasteiger partial charge in [-0.25, -0.2) is 0 Å². The van der Waals surface area contributed by atoms with E-state index in [2.05, 4.69) is 206 Å². The lowest BCUT2D eigenvalue weighted by Crippen LogP contribution is -2.17. The van der Waals surface area contributed by atoms with E-state index in [-0.39, 0.29) is 5.41 Å². The Morgan fingerprint density at radius 3 is 1.98 bits per heavy atom. The van der Waals surface area contributed by atoms with E-state index in [0.717, 1.165) is 12.8 Å². The lowest BCUT2D eigenvalue weighted by atomic mass is 9.80. The Morgan fingerprint density at radius 1 is 0.475 bits per heavy atom.